The van der Waals surface area contributed by atoms with Crippen LogP contribution in [0.25, 0.3) is 11.0 Å². The van der Waals surface area contributed by atoms with Gasteiger partial charge in [-0.15, -0.1) is 0 Å². The number of carbonyl (C=O) groups is 1. The molecule has 252 valence electrons. The van der Waals surface area contributed by atoms with E-state index in [4.69, 9.17) is 43.6 Å². The van der Waals surface area contributed by atoms with Crippen molar-refractivity contribution in [1.29, 1.82) is 0 Å². The van der Waals surface area contributed by atoms with Crippen LogP contribution in [0, 0.1) is 0 Å². The van der Waals surface area contributed by atoms with Crippen molar-refractivity contribution in [3.63, 3.8) is 0 Å². The summed E-state index contributed by atoms with van der Waals surface area (Å²) in [5.41, 5.74) is 1.30. The molecule has 0 unspecified atom stereocenters. The average molecular weight is 635 g/mol. The molecule has 0 aromatic carbocycles. The van der Waals surface area contributed by atoms with Gasteiger partial charge in [0.25, 0.3) is 0 Å². The lowest BCUT2D eigenvalue weighted by Crippen LogP contribution is -2.39. The quantitative estimate of drug-likeness (QED) is 0.253. The van der Waals surface area contributed by atoms with Gasteiger partial charge in [-0.3, -0.25) is 4.79 Å². The highest BCUT2D eigenvalue weighted by Gasteiger charge is 2.30. The van der Waals surface area contributed by atoms with Crippen LogP contribution in [0.15, 0.2) is 0 Å². The van der Waals surface area contributed by atoms with Gasteiger partial charge in [0.15, 0.2) is 11.6 Å². The maximum Gasteiger partial charge on any atom is 0.305 e. The van der Waals surface area contributed by atoms with Crippen LogP contribution in [-0.2, 0) is 28.5 Å². The Bertz CT molecular complexity index is 1200. The van der Waals surface area contributed by atoms with Gasteiger partial charge >= 0.3 is 5.97 Å². The Labute approximate surface area is 265 Å². The summed E-state index contributed by atoms with van der Waals surface area (Å²) in [7, 11) is 8.49. The fraction of sp³-hybridized carbons (Fsp3) is 0.767. The molecule has 45 heavy (non-hydrogen) atoms. The number of nitrogens with zero attached hydrogens (tertiary/aromatic N) is 8. The van der Waals surface area contributed by atoms with Crippen LogP contribution in [0.2, 0.25) is 0 Å². The molecule has 1 N–H and O–H groups in total. The SMILES string of the molecule is COCCN(CCOC)c1nc(N2CCC(OC)CC2)c2nc(N(CCOC)CCC(=O)O)nc(N3CCC(OC)CC3)c2n1. The summed E-state index contributed by atoms with van der Waals surface area (Å²) in [4.78, 5) is 40.5. The number of aromatic nitrogens is 4. The van der Waals surface area contributed by atoms with Crippen molar-refractivity contribution in [3.05, 3.63) is 0 Å². The first-order chi connectivity index (χ1) is 21.9. The van der Waals surface area contributed by atoms with Crippen molar-refractivity contribution in [2.75, 3.05) is 127 Å². The van der Waals surface area contributed by atoms with Gasteiger partial charge in [0.05, 0.1) is 38.4 Å². The molecule has 0 atom stereocenters. The van der Waals surface area contributed by atoms with Gasteiger partial charge in [-0.05, 0) is 25.7 Å². The Morgan fingerprint density at radius 3 is 1.38 bits per heavy atom. The van der Waals surface area contributed by atoms with Gasteiger partial charge in [-0.2, -0.15) is 9.97 Å². The number of aliphatic carboxylic acids is 1. The van der Waals surface area contributed by atoms with Gasteiger partial charge < -0.3 is 48.4 Å². The number of hydrogen-bond acceptors (Lipinski definition) is 14. The molecule has 4 heterocycles. The van der Waals surface area contributed by atoms with E-state index >= 15 is 0 Å². The van der Waals surface area contributed by atoms with Crippen molar-refractivity contribution < 1.29 is 33.6 Å². The first-order valence-electron chi connectivity index (χ1n) is 15.8. The number of carboxylic acid groups (broad SMARTS) is 1. The lowest BCUT2D eigenvalue weighted by atomic mass is 10.1. The fourth-order valence-electron chi connectivity index (χ4n) is 5.75. The molecule has 0 bridgehead atoms. The highest BCUT2D eigenvalue weighted by Crippen LogP contribution is 2.35. The summed E-state index contributed by atoms with van der Waals surface area (Å²) >= 11 is 0. The molecule has 15 heteroatoms. The summed E-state index contributed by atoms with van der Waals surface area (Å²) in [6.45, 7) is 6.24. The molecule has 2 aliphatic rings. The minimum atomic E-state index is -0.887. The lowest BCUT2D eigenvalue weighted by Gasteiger charge is -2.35. The van der Waals surface area contributed by atoms with E-state index in [0.717, 1.165) is 57.7 Å². The molecule has 0 spiro atoms. The number of hydrogen-bond donors (Lipinski definition) is 1. The van der Waals surface area contributed by atoms with Gasteiger partial charge in [-0.1, -0.05) is 0 Å². The zero-order valence-corrected chi connectivity index (χ0v) is 27.4. The average Bonchev–Trinajstić information content (AvgIpc) is 3.07. The Kier molecular flexibility index (Phi) is 13.6. The van der Waals surface area contributed by atoms with Crippen LogP contribution in [0.5, 0.6) is 0 Å². The summed E-state index contributed by atoms with van der Waals surface area (Å²) in [6.07, 6.45) is 3.76. The first-order valence-corrected chi connectivity index (χ1v) is 15.8. The molecular weight excluding hydrogens is 584 g/mol. The molecule has 2 aromatic rings. The first kappa shape index (κ1) is 34.8. The van der Waals surface area contributed by atoms with Crippen molar-refractivity contribution in [3.8, 4) is 0 Å². The molecule has 0 aliphatic carbocycles. The summed E-state index contributed by atoms with van der Waals surface area (Å²) in [6, 6.07) is 0. The third kappa shape index (κ3) is 9.22. The second kappa shape index (κ2) is 17.5. The highest BCUT2D eigenvalue weighted by molar-refractivity contribution is 5.95. The second-order valence-corrected chi connectivity index (χ2v) is 11.3. The summed E-state index contributed by atoms with van der Waals surface area (Å²) in [5.74, 6) is 1.54. The monoisotopic (exact) mass is 634 g/mol. The normalized spacial score (nSPS) is 16.5. The Balaban J connectivity index is 1.91. The number of methoxy groups -OCH3 is 5. The van der Waals surface area contributed by atoms with Crippen molar-refractivity contribution in [2.24, 2.45) is 0 Å². The molecular formula is C30H50N8O7. The van der Waals surface area contributed by atoms with Gasteiger partial charge in [-0.25, -0.2) is 9.97 Å². The topological polar surface area (TPSA) is 148 Å². The molecule has 15 nitrogen and oxygen atoms in total. The molecule has 0 amide bonds. The van der Waals surface area contributed by atoms with Crippen LogP contribution in [-0.4, -0.2) is 151 Å². The maximum absolute atomic E-state index is 11.6. The molecule has 4 rings (SSSR count). The largest absolute Gasteiger partial charge is 0.481 e. The van der Waals surface area contributed by atoms with E-state index in [2.05, 4.69) is 14.7 Å². The third-order valence-corrected chi connectivity index (χ3v) is 8.49. The molecule has 2 saturated heterocycles. The third-order valence-electron chi connectivity index (χ3n) is 8.49. The standard InChI is InChI=1S/C30H50N8O7/c1-41-19-16-37(15-10-24(39)40)29-31-25-26(27(33-29)35-11-6-22(44-4)7-12-35)32-30(38(17-20-42-2)18-21-43-3)34-28(25)36-13-8-23(45-5)9-14-36/h22-23H,6-21H2,1-5H3,(H,39,40). The van der Waals surface area contributed by atoms with E-state index in [-0.39, 0.29) is 25.2 Å². The molecule has 0 radical (unpaired) electrons. The van der Waals surface area contributed by atoms with Crippen molar-refractivity contribution >= 4 is 40.5 Å². The zero-order chi connectivity index (χ0) is 32.2. The van der Waals surface area contributed by atoms with Crippen LogP contribution in [0.3, 0.4) is 0 Å². The van der Waals surface area contributed by atoms with E-state index in [1.54, 1.807) is 35.5 Å². The number of rotatable bonds is 18. The predicted octanol–water partition coefficient (Wildman–Crippen LogP) is 1.68. The zero-order valence-electron chi connectivity index (χ0n) is 27.4. The van der Waals surface area contributed by atoms with Crippen LogP contribution in [0.1, 0.15) is 32.1 Å². The van der Waals surface area contributed by atoms with Crippen LogP contribution < -0.4 is 19.6 Å². The lowest BCUT2D eigenvalue weighted by molar-refractivity contribution is -0.136. The number of fused-ring (bicyclic) bond motifs is 1. The fourth-order valence-corrected chi connectivity index (χ4v) is 5.75. The maximum atomic E-state index is 11.6. The number of ether oxygens (including phenoxy) is 5. The minimum absolute atomic E-state index is 0.0551. The van der Waals surface area contributed by atoms with Crippen LogP contribution in [0.4, 0.5) is 23.5 Å². The highest BCUT2D eigenvalue weighted by atomic mass is 16.5. The second-order valence-electron chi connectivity index (χ2n) is 11.3. The number of carboxylic acids is 1. The van der Waals surface area contributed by atoms with E-state index in [0.29, 0.717) is 68.2 Å². The Morgan fingerprint density at radius 2 is 1.04 bits per heavy atom. The number of piperidine rings is 2. The molecule has 2 fully saturated rings. The van der Waals surface area contributed by atoms with Crippen molar-refractivity contribution in [1.82, 2.24) is 19.9 Å². The minimum Gasteiger partial charge on any atom is -0.481 e. The van der Waals surface area contributed by atoms with Gasteiger partial charge in [0, 0.05) is 87.9 Å². The summed E-state index contributed by atoms with van der Waals surface area (Å²) < 4.78 is 27.5. The van der Waals surface area contributed by atoms with Gasteiger partial charge in [0.1, 0.15) is 11.0 Å². The smallest absolute Gasteiger partial charge is 0.305 e. The summed E-state index contributed by atoms with van der Waals surface area (Å²) in [5, 5.41) is 9.50. The van der Waals surface area contributed by atoms with Gasteiger partial charge in [0.2, 0.25) is 11.9 Å². The van der Waals surface area contributed by atoms with E-state index in [1.807, 2.05) is 4.90 Å². The van der Waals surface area contributed by atoms with Crippen molar-refractivity contribution in [2.45, 2.75) is 44.3 Å². The Morgan fingerprint density at radius 1 is 0.667 bits per heavy atom. The van der Waals surface area contributed by atoms with E-state index < -0.39 is 5.97 Å². The molecule has 2 aliphatic heterocycles. The van der Waals surface area contributed by atoms with E-state index in [9.17, 15) is 9.90 Å². The molecule has 2 aromatic heterocycles. The number of anilines is 4. The van der Waals surface area contributed by atoms with Crippen LogP contribution >= 0.6 is 0 Å². The van der Waals surface area contributed by atoms with E-state index in [1.165, 1.54) is 0 Å². The predicted molar refractivity (Wildman–Crippen MR) is 172 cm³/mol. The molecule has 0 saturated carbocycles. The Hall–Kier alpha value is -3.11.